The Hall–Kier alpha value is -0.420. The Morgan fingerprint density at radius 3 is 2.61 bits per heavy atom. The van der Waals surface area contributed by atoms with Gasteiger partial charge in [-0.15, -0.1) is 0 Å². The van der Waals surface area contributed by atoms with Crippen LogP contribution in [0.4, 0.5) is 0 Å². The zero-order valence-electron chi connectivity index (χ0n) is 11.0. The second-order valence-corrected chi connectivity index (χ2v) is 7.59. The molecular formula is C13H19BrN2OS. The zero-order chi connectivity index (χ0) is 13.3. The minimum Gasteiger partial charge on any atom is -0.343 e. The largest absolute Gasteiger partial charge is 0.343 e. The van der Waals surface area contributed by atoms with Gasteiger partial charge in [0.05, 0.1) is 0 Å². The first-order valence-corrected chi connectivity index (χ1v) is 8.05. The van der Waals surface area contributed by atoms with Crippen molar-refractivity contribution in [2.24, 2.45) is 0 Å². The summed E-state index contributed by atoms with van der Waals surface area (Å²) in [6.45, 7) is 8.95. The molecule has 2 atom stereocenters. The Morgan fingerprint density at radius 2 is 2.06 bits per heavy atom. The van der Waals surface area contributed by atoms with E-state index in [1.807, 2.05) is 33.5 Å². The predicted octanol–water partition coefficient (Wildman–Crippen LogP) is 3.24. The van der Waals surface area contributed by atoms with Crippen LogP contribution in [0.3, 0.4) is 0 Å². The van der Waals surface area contributed by atoms with E-state index < -0.39 is 0 Å². The van der Waals surface area contributed by atoms with E-state index in [2.05, 4.69) is 36.7 Å². The number of carbonyl (C=O) groups excluding carboxylic acids is 1. The van der Waals surface area contributed by atoms with Crippen LogP contribution in [0.25, 0.3) is 0 Å². The molecule has 1 aliphatic heterocycles. The molecule has 1 aliphatic rings. The first-order valence-electron chi connectivity index (χ1n) is 6.31. The Bertz CT molecular complexity index is 436. The van der Waals surface area contributed by atoms with Gasteiger partial charge in [0.2, 0.25) is 0 Å². The summed E-state index contributed by atoms with van der Waals surface area (Å²) >= 11 is 5.41. The molecule has 1 fully saturated rings. The molecule has 100 valence electrons. The van der Waals surface area contributed by atoms with Crippen LogP contribution in [0.2, 0.25) is 0 Å². The highest BCUT2D eigenvalue weighted by Gasteiger charge is 2.28. The number of hydrogen-bond acceptors (Lipinski definition) is 2. The standard InChI is InChI=1S/C13H19BrN2OS/c1-4-15-8-11(14)5-12(15)13(17)16-6-9(2)18-10(3)7-16/h5,8-10H,4,6-7H2,1-3H3. The van der Waals surface area contributed by atoms with Crippen molar-refractivity contribution in [1.82, 2.24) is 9.47 Å². The Morgan fingerprint density at radius 1 is 1.44 bits per heavy atom. The third kappa shape index (κ3) is 2.94. The van der Waals surface area contributed by atoms with Crippen LogP contribution in [0.5, 0.6) is 0 Å². The molecule has 2 rings (SSSR count). The number of halogens is 1. The summed E-state index contributed by atoms with van der Waals surface area (Å²) in [6.07, 6.45) is 1.97. The van der Waals surface area contributed by atoms with Gasteiger partial charge in [0.25, 0.3) is 5.91 Å². The monoisotopic (exact) mass is 330 g/mol. The molecule has 1 amide bonds. The third-order valence-corrected chi connectivity index (χ3v) is 4.79. The smallest absolute Gasteiger partial charge is 0.270 e. The molecule has 1 aromatic heterocycles. The van der Waals surface area contributed by atoms with Crippen LogP contribution in [-0.2, 0) is 6.54 Å². The van der Waals surface area contributed by atoms with Gasteiger partial charge in [-0.1, -0.05) is 13.8 Å². The Kier molecular flexibility index (Phi) is 4.43. The number of aromatic nitrogens is 1. The lowest BCUT2D eigenvalue weighted by atomic mass is 10.3. The van der Waals surface area contributed by atoms with Crippen molar-refractivity contribution in [3.8, 4) is 0 Å². The minimum absolute atomic E-state index is 0.154. The van der Waals surface area contributed by atoms with Gasteiger partial charge in [-0.25, -0.2) is 0 Å². The van der Waals surface area contributed by atoms with Crippen molar-refractivity contribution in [2.45, 2.75) is 37.8 Å². The average Bonchev–Trinajstić information content (AvgIpc) is 2.68. The molecule has 2 unspecified atom stereocenters. The number of rotatable bonds is 2. The highest BCUT2D eigenvalue weighted by molar-refractivity contribution is 9.10. The van der Waals surface area contributed by atoms with Gasteiger partial charge < -0.3 is 9.47 Å². The van der Waals surface area contributed by atoms with Crippen LogP contribution in [0, 0.1) is 0 Å². The van der Waals surface area contributed by atoms with Gasteiger partial charge in [0.1, 0.15) is 5.69 Å². The molecule has 18 heavy (non-hydrogen) atoms. The summed E-state index contributed by atoms with van der Waals surface area (Å²) in [5, 5.41) is 1.04. The molecule has 0 aliphatic carbocycles. The summed E-state index contributed by atoms with van der Waals surface area (Å²) in [5.74, 6) is 0.154. The summed E-state index contributed by atoms with van der Waals surface area (Å²) in [7, 11) is 0. The molecule has 3 nitrogen and oxygen atoms in total. The maximum atomic E-state index is 12.6. The van der Waals surface area contributed by atoms with E-state index in [0.29, 0.717) is 10.5 Å². The molecule has 5 heteroatoms. The molecule has 0 bridgehead atoms. The normalized spacial score (nSPS) is 24.3. The highest BCUT2D eigenvalue weighted by atomic mass is 79.9. The van der Waals surface area contributed by atoms with Gasteiger partial charge in [-0.05, 0) is 28.9 Å². The van der Waals surface area contributed by atoms with Gasteiger partial charge in [0, 0.05) is 40.8 Å². The van der Waals surface area contributed by atoms with E-state index in [-0.39, 0.29) is 5.91 Å². The number of carbonyl (C=O) groups is 1. The minimum atomic E-state index is 0.154. The van der Waals surface area contributed by atoms with Crippen LogP contribution in [0.1, 0.15) is 31.3 Å². The number of amides is 1. The number of aryl methyl sites for hydroxylation is 1. The lowest BCUT2D eigenvalue weighted by molar-refractivity contribution is 0.0742. The van der Waals surface area contributed by atoms with E-state index in [4.69, 9.17) is 0 Å². The van der Waals surface area contributed by atoms with E-state index >= 15 is 0 Å². The van der Waals surface area contributed by atoms with Crippen LogP contribution in [-0.4, -0.2) is 39.0 Å². The third-order valence-electron chi connectivity index (χ3n) is 3.13. The fraction of sp³-hybridized carbons (Fsp3) is 0.615. The fourth-order valence-electron chi connectivity index (χ4n) is 2.42. The van der Waals surface area contributed by atoms with Gasteiger partial charge >= 0.3 is 0 Å². The maximum Gasteiger partial charge on any atom is 0.270 e. The first kappa shape index (κ1) is 14.0. The summed E-state index contributed by atoms with van der Waals surface area (Å²) < 4.78 is 2.98. The predicted molar refractivity (Wildman–Crippen MR) is 80.2 cm³/mol. The van der Waals surface area contributed by atoms with E-state index in [9.17, 15) is 4.79 Å². The molecule has 2 heterocycles. The lowest BCUT2D eigenvalue weighted by Gasteiger charge is -2.34. The number of nitrogens with zero attached hydrogens (tertiary/aromatic N) is 2. The fourth-order valence-corrected chi connectivity index (χ4v) is 4.21. The van der Waals surface area contributed by atoms with Gasteiger partial charge in [-0.3, -0.25) is 4.79 Å². The van der Waals surface area contributed by atoms with Crippen molar-refractivity contribution < 1.29 is 4.79 Å². The van der Waals surface area contributed by atoms with Crippen molar-refractivity contribution in [3.05, 3.63) is 22.4 Å². The molecule has 0 spiro atoms. The molecule has 1 saturated heterocycles. The number of hydrogen-bond donors (Lipinski definition) is 0. The summed E-state index contributed by atoms with van der Waals surface area (Å²) in [6, 6.07) is 1.92. The van der Waals surface area contributed by atoms with E-state index in [1.54, 1.807) is 0 Å². The number of thioether (sulfide) groups is 1. The maximum absolute atomic E-state index is 12.6. The van der Waals surface area contributed by atoms with Gasteiger partial charge in [0.15, 0.2) is 0 Å². The second kappa shape index (κ2) is 5.70. The quantitative estimate of drug-likeness (QED) is 0.831. The SMILES string of the molecule is CCn1cc(Br)cc1C(=O)N1CC(C)SC(C)C1. The van der Waals surface area contributed by atoms with Gasteiger partial charge in [-0.2, -0.15) is 11.8 Å². The summed E-state index contributed by atoms with van der Waals surface area (Å²) in [5.41, 5.74) is 0.788. The first-order chi connectivity index (χ1) is 8.51. The van der Waals surface area contributed by atoms with E-state index in [1.165, 1.54) is 0 Å². The van der Waals surface area contributed by atoms with E-state index in [0.717, 1.165) is 29.8 Å². The van der Waals surface area contributed by atoms with Crippen molar-refractivity contribution in [2.75, 3.05) is 13.1 Å². The van der Waals surface area contributed by atoms with Crippen LogP contribution < -0.4 is 0 Å². The van der Waals surface area contributed by atoms with Crippen molar-refractivity contribution >= 4 is 33.6 Å². The summed E-state index contributed by atoms with van der Waals surface area (Å²) in [4.78, 5) is 14.5. The lowest BCUT2D eigenvalue weighted by Crippen LogP contribution is -2.44. The second-order valence-electron chi connectivity index (χ2n) is 4.80. The molecule has 0 aromatic carbocycles. The Balaban J connectivity index is 2.19. The average molecular weight is 331 g/mol. The topological polar surface area (TPSA) is 25.2 Å². The molecule has 0 N–H and O–H groups in total. The Labute approximate surface area is 121 Å². The molecule has 0 radical (unpaired) electrons. The highest BCUT2D eigenvalue weighted by Crippen LogP contribution is 2.26. The molecular weight excluding hydrogens is 312 g/mol. The van der Waals surface area contributed by atoms with Crippen LogP contribution >= 0.6 is 27.7 Å². The van der Waals surface area contributed by atoms with Crippen molar-refractivity contribution in [1.29, 1.82) is 0 Å². The van der Waals surface area contributed by atoms with Crippen LogP contribution in [0.15, 0.2) is 16.7 Å². The molecule has 1 aromatic rings. The molecule has 0 saturated carbocycles. The van der Waals surface area contributed by atoms with Crippen molar-refractivity contribution in [3.63, 3.8) is 0 Å². The zero-order valence-corrected chi connectivity index (χ0v) is 13.4.